The highest BCUT2D eigenvalue weighted by molar-refractivity contribution is 7.86. The van der Waals surface area contributed by atoms with E-state index in [1.54, 1.807) is 6.21 Å². The number of hydrogen-bond acceptors (Lipinski definition) is 4. The SMILES string of the molecule is CCCC1(CCOS(=O)(=O)CC(C)C)C=CC=N1. The molecule has 1 aliphatic heterocycles. The van der Waals surface area contributed by atoms with E-state index in [2.05, 4.69) is 11.9 Å². The molecule has 0 aromatic rings. The summed E-state index contributed by atoms with van der Waals surface area (Å²) in [6.45, 7) is 6.03. The van der Waals surface area contributed by atoms with Gasteiger partial charge in [-0.2, -0.15) is 8.42 Å². The van der Waals surface area contributed by atoms with Crippen molar-refractivity contribution in [2.24, 2.45) is 10.9 Å². The van der Waals surface area contributed by atoms with E-state index in [-0.39, 0.29) is 23.8 Å². The van der Waals surface area contributed by atoms with Gasteiger partial charge in [-0.05, 0) is 18.4 Å². The number of rotatable bonds is 8. The van der Waals surface area contributed by atoms with Gasteiger partial charge in [0.25, 0.3) is 10.1 Å². The lowest BCUT2D eigenvalue weighted by Crippen LogP contribution is -2.25. The van der Waals surface area contributed by atoms with E-state index in [0.717, 1.165) is 12.8 Å². The van der Waals surface area contributed by atoms with Gasteiger partial charge in [0.2, 0.25) is 0 Å². The van der Waals surface area contributed by atoms with Crippen molar-refractivity contribution in [3.63, 3.8) is 0 Å². The number of nitrogens with zero attached hydrogens (tertiary/aromatic N) is 1. The van der Waals surface area contributed by atoms with Crippen LogP contribution in [-0.4, -0.2) is 32.5 Å². The van der Waals surface area contributed by atoms with Crippen LogP contribution in [0.1, 0.15) is 40.0 Å². The molecular formula is C13H23NO3S. The summed E-state index contributed by atoms with van der Waals surface area (Å²) in [5, 5.41) is 0. The van der Waals surface area contributed by atoms with Crippen molar-refractivity contribution in [3.8, 4) is 0 Å². The van der Waals surface area contributed by atoms with Crippen LogP contribution >= 0.6 is 0 Å². The van der Waals surface area contributed by atoms with Crippen LogP contribution in [-0.2, 0) is 14.3 Å². The summed E-state index contributed by atoms with van der Waals surface area (Å²) in [6.07, 6.45) is 8.28. The zero-order valence-electron chi connectivity index (χ0n) is 11.4. The Kier molecular flexibility index (Phi) is 5.53. The third-order valence-corrected chi connectivity index (χ3v) is 4.44. The van der Waals surface area contributed by atoms with E-state index in [4.69, 9.17) is 4.18 Å². The molecule has 1 atom stereocenters. The van der Waals surface area contributed by atoms with Crippen LogP contribution in [0.5, 0.6) is 0 Å². The Morgan fingerprint density at radius 1 is 1.33 bits per heavy atom. The topological polar surface area (TPSA) is 55.7 Å². The Morgan fingerprint density at radius 3 is 2.56 bits per heavy atom. The van der Waals surface area contributed by atoms with E-state index >= 15 is 0 Å². The van der Waals surface area contributed by atoms with Gasteiger partial charge >= 0.3 is 0 Å². The summed E-state index contributed by atoms with van der Waals surface area (Å²) in [5.74, 6) is 0.163. The molecule has 18 heavy (non-hydrogen) atoms. The lowest BCUT2D eigenvalue weighted by atomic mass is 9.92. The zero-order chi connectivity index (χ0) is 13.6. The number of aliphatic imine (C=N–C) groups is 1. The molecule has 0 spiro atoms. The predicted molar refractivity (Wildman–Crippen MR) is 74.5 cm³/mol. The molecule has 1 heterocycles. The maximum atomic E-state index is 11.6. The fraction of sp³-hybridized carbons (Fsp3) is 0.769. The molecule has 5 heteroatoms. The van der Waals surface area contributed by atoms with Crippen LogP contribution in [0, 0.1) is 5.92 Å². The maximum Gasteiger partial charge on any atom is 0.267 e. The monoisotopic (exact) mass is 273 g/mol. The fourth-order valence-electron chi connectivity index (χ4n) is 2.11. The Balaban J connectivity index is 2.45. The van der Waals surface area contributed by atoms with Crippen LogP contribution in [0.3, 0.4) is 0 Å². The Bertz CT molecular complexity index is 398. The van der Waals surface area contributed by atoms with Crippen LogP contribution in [0.15, 0.2) is 17.1 Å². The third-order valence-electron chi connectivity index (χ3n) is 2.84. The second-order valence-electron chi connectivity index (χ2n) is 5.18. The second kappa shape index (κ2) is 6.48. The smallest absolute Gasteiger partial charge is 0.267 e. The Morgan fingerprint density at radius 2 is 2.06 bits per heavy atom. The first kappa shape index (κ1) is 15.4. The van der Waals surface area contributed by atoms with Crippen molar-refractivity contribution in [3.05, 3.63) is 12.2 Å². The standard InChI is InChI=1S/C13H23NO3S/c1-4-6-13(7-5-9-14-13)8-10-17-18(15,16)11-12(2)3/h5,7,9,12H,4,6,8,10-11H2,1-3H3. The van der Waals surface area contributed by atoms with E-state index in [0.29, 0.717) is 6.42 Å². The Hall–Kier alpha value is -0.680. The van der Waals surface area contributed by atoms with Gasteiger partial charge in [-0.1, -0.05) is 33.3 Å². The van der Waals surface area contributed by atoms with E-state index in [9.17, 15) is 8.42 Å². The predicted octanol–water partition coefficient (Wildman–Crippen LogP) is 2.56. The summed E-state index contributed by atoms with van der Waals surface area (Å²) in [5.41, 5.74) is -0.248. The van der Waals surface area contributed by atoms with Gasteiger partial charge in [-0.25, -0.2) is 0 Å². The molecule has 0 N–H and O–H groups in total. The first-order chi connectivity index (χ1) is 8.39. The minimum Gasteiger partial charge on any atom is -0.282 e. The fourth-order valence-corrected chi connectivity index (χ4v) is 3.36. The Labute approximate surface area is 110 Å². The van der Waals surface area contributed by atoms with Crippen molar-refractivity contribution < 1.29 is 12.6 Å². The molecule has 4 nitrogen and oxygen atoms in total. The van der Waals surface area contributed by atoms with Gasteiger partial charge in [0.05, 0.1) is 17.9 Å². The summed E-state index contributed by atoms with van der Waals surface area (Å²) in [6, 6.07) is 0. The molecule has 0 fully saturated rings. The lowest BCUT2D eigenvalue weighted by molar-refractivity contribution is 0.276. The molecule has 0 bridgehead atoms. The van der Waals surface area contributed by atoms with E-state index in [1.165, 1.54) is 0 Å². The van der Waals surface area contributed by atoms with Crippen molar-refractivity contribution in [1.82, 2.24) is 0 Å². The molecule has 0 aliphatic carbocycles. The summed E-state index contributed by atoms with van der Waals surface area (Å²) >= 11 is 0. The van der Waals surface area contributed by atoms with Crippen LogP contribution in [0.2, 0.25) is 0 Å². The molecule has 104 valence electrons. The van der Waals surface area contributed by atoms with Gasteiger partial charge in [0.15, 0.2) is 0 Å². The maximum absolute atomic E-state index is 11.6. The molecule has 0 aromatic heterocycles. The van der Waals surface area contributed by atoms with Gasteiger partial charge in [-0.3, -0.25) is 9.18 Å². The molecule has 0 amide bonds. The minimum absolute atomic E-state index is 0.0763. The van der Waals surface area contributed by atoms with E-state index < -0.39 is 10.1 Å². The van der Waals surface area contributed by atoms with Crippen molar-refractivity contribution in [2.45, 2.75) is 45.6 Å². The van der Waals surface area contributed by atoms with Crippen molar-refractivity contribution >= 4 is 16.3 Å². The van der Waals surface area contributed by atoms with Gasteiger partial charge < -0.3 is 0 Å². The summed E-state index contributed by atoms with van der Waals surface area (Å²) < 4.78 is 28.2. The lowest BCUT2D eigenvalue weighted by Gasteiger charge is -2.23. The first-order valence-electron chi connectivity index (χ1n) is 6.49. The molecular weight excluding hydrogens is 250 g/mol. The molecule has 0 saturated heterocycles. The quantitative estimate of drug-likeness (QED) is 0.639. The molecule has 1 rings (SSSR count). The minimum atomic E-state index is -3.39. The van der Waals surface area contributed by atoms with Crippen LogP contribution < -0.4 is 0 Å². The average molecular weight is 273 g/mol. The van der Waals surface area contributed by atoms with Gasteiger partial charge in [0.1, 0.15) is 0 Å². The third kappa shape index (κ3) is 4.90. The number of hydrogen-bond donors (Lipinski definition) is 0. The highest BCUT2D eigenvalue weighted by Gasteiger charge is 2.27. The van der Waals surface area contributed by atoms with Crippen molar-refractivity contribution in [1.29, 1.82) is 0 Å². The molecule has 0 aromatic carbocycles. The highest BCUT2D eigenvalue weighted by Crippen LogP contribution is 2.27. The second-order valence-corrected chi connectivity index (χ2v) is 6.87. The van der Waals surface area contributed by atoms with Gasteiger partial charge in [0, 0.05) is 12.6 Å². The van der Waals surface area contributed by atoms with Gasteiger partial charge in [-0.15, -0.1) is 0 Å². The largest absolute Gasteiger partial charge is 0.282 e. The summed E-state index contributed by atoms with van der Waals surface area (Å²) in [7, 11) is -3.39. The zero-order valence-corrected chi connectivity index (χ0v) is 12.2. The average Bonchev–Trinajstić information content (AvgIpc) is 2.64. The van der Waals surface area contributed by atoms with Crippen LogP contribution in [0.25, 0.3) is 0 Å². The normalized spacial score (nSPS) is 23.1. The number of allylic oxidation sites excluding steroid dienone is 1. The first-order valence-corrected chi connectivity index (χ1v) is 8.07. The van der Waals surface area contributed by atoms with Crippen LogP contribution in [0.4, 0.5) is 0 Å². The molecule has 0 saturated carbocycles. The van der Waals surface area contributed by atoms with Crippen molar-refractivity contribution in [2.75, 3.05) is 12.4 Å². The molecule has 0 radical (unpaired) electrons. The molecule has 1 unspecified atom stereocenters. The van der Waals surface area contributed by atoms with E-state index in [1.807, 2.05) is 26.0 Å². The molecule has 1 aliphatic rings. The highest BCUT2D eigenvalue weighted by atomic mass is 32.2. The summed E-state index contributed by atoms with van der Waals surface area (Å²) in [4.78, 5) is 4.43.